The zero-order valence-electron chi connectivity index (χ0n) is 15.9. The van der Waals surface area contributed by atoms with Gasteiger partial charge in [0.25, 0.3) is 5.91 Å². The van der Waals surface area contributed by atoms with Crippen molar-refractivity contribution in [3.05, 3.63) is 47.8 Å². The van der Waals surface area contributed by atoms with Crippen LogP contribution in [0.4, 0.5) is 0 Å². The molecule has 0 spiro atoms. The maximum atomic E-state index is 13.0. The van der Waals surface area contributed by atoms with Gasteiger partial charge >= 0.3 is 0 Å². The average Bonchev–Trinajstić information content (AvgIpc) is 3.45. The standard InChI is InChI=1S/C21H28N4O2/c1-27-15-21(9-11-22-12-10-21)14-23-20(26)18-13-24-25(19(18)16-7-8-16)17-5-3-2-4-6-17/h2-6,13,16,22H,7-12,14-15H2,1H3,(H,23,26). The average molecular weight is 368 g/mol. The van der Waals surface area contributed by atoms with Gasteiger partial charge in [-0.25, -0.2) is 4.68 Å². The molecule has 1 aromatic heterocycles. The molecule has 1 saturated carbocycles. The molecule has 4 rings (SSSR count). The van der Waals surface area contributed by atoms with Crippen LogP contribution < -0.4 is 10.6 Å². The lowest BCUT2D eigenvalue weighted by Gasteiger charge is -2.37. The van der Waals surface area contributed by atoms with Crippen LogP contribution in [0.25, 0.3) is 5.69 Å². The molecule has 1 aliphatic heterocycles. The molecule has 0 atom stereocenters. The third-order valence-electron chi connectivity index (χ3n) is 5.75. The largest absolute Gasteiger partial charge is 0.384 e. The first-order chi connectivity index (χ1) is 13.2. The second kappa shape index (κ2) is 7.82. The number of nitrogens with one attached hydrogen (secondary N) is 2. The molecule has 27 heavy (non-hydrogen) atoms. The Morgan fingerprint density at radius 1 is 1.30 bits per heavy atom. The van der Waals surface area contributed by atoms with Crippen LogP contribution in [0, 0.1) is 5.41 Å². The molecule has 0 radical (unpaired) electrons. The normalized spacial score (nSPS) is 19.0. The van der Waals surface area contributed by atoms with Gasteiger partial charge in [0, 0.05) is 25.0 Å². The van der Waals surface area contributed by atoms with Crippen LogP contribution in [0.5, 0.6) is 0 Å². The molecule has 2 fully saturated rings. The molecule has 2 heterocycles. The first kappa shape index (κ1) is 18.2. The number of ether oxygens (including phenoxy) is 1. The van der Waals surface area contributed by atoms with Crippen LogP contribution in [0.2, 0.25) is 0 Å². The zero-order valence-corrected chi connectivity index (χ0v) is 15.9. The molecule has 1 aliphatic carbocycles. The number of amides is 1. The Hall–Kier alpha value is -2.18. The highest BCUT2D eigenvalue weighted by molar-refractivity contribution is 5.95. The SMILES string of the molecule is COCC1(CNC(=O)c2cnn(-c3ccccc3)c2C2CC2)CCNCC1. The minimum absolute atomic E-state index is 0.0187. The summed E-state index contributed by atoms with van der Waals surface area (Å²) in [4.78, 5) is 13.0. The Bertz CT molecular complexity index is 771. The monoisotopic (exact) mass is 368 g/mol. The Balaban J connectivity index is 1.53. The summed E-state index contributed by atoms with van der Waals surface area (Å²) in [5, 5.41) is 11.1. The van der Waals surface area contributed by atoms with E-state index < -0.39 is 0 Å². The molecular weight excluding hydrogens is 340 g/mol. The molecule has 0 unspecified atom stereocenters. The molecule has 1 amide bonds. The third kappa shape index (κ3) is 3.92. The van der Waals surface area contributed by atoms with E-state index in [0.29, 0.717) is 24.6 Å². The van der Waals surface area contributed by atoms with Gasteiger partial charge in [0.2, 0.25) is 0 Å². The van der Waals surface area contributed by atoms with Crippen molar-refractivity contribution in [1.29, 1.82) is 0 Å². The first-order valence-corrected chi connectivity index (χ1v) is 9.84. The fourth-order valence-electron chi connectivity index (χ4n) is 4.06. The van der Waals surface area contributed by atoms with Gasteiger partial charge in [-0.1, -0.05) is 18.2 Å². The molecule has 6 heteroatoms. The van der Waals surface area contributed by atoms with E-state index in [0.717, 1.165) is 50.2 Å². The number of hydrogen-bond acceptors (Lipinski definition) is 4. The number of benzene rings is 1. The summed E-state index contributed by atoms with van der Waals surface area (Å²) in [5.74, 6) is 0.411. The highest BCUT2D eigenvalue weighted by Crippen LogP contribution is 2.42. The summed E-state index contributed by atoms with van der Waals surface area (Å²) in [5.41, 5.74) is 2.78. The lowest BCUT2D eigenvalue weighted by Crippen LogP contribution is -2.47. The zero-order chi connectivity index (χ0) is 18.7. The summed E-state index contributed by atoms with van der Waals surface area (Å²) in [6.07, 6.45) is 6.00. The van der Waals surface area contributed by atoms with Gasteiger partial charge in [-0.05, 0) is 50.9 Å². The third-order valence-corrected chi connectivity index (χ3v) is 5.75. The topological polar surface area (TPSA) is 68.2 Å². The summed E-state index contributed by atoms with van der Waals surface area (Å²) >= 11 is 0. The number of carbonyl (C=O) groups is 1. The van der Waals surface area contributed by atoms with Gasteiger partial charge in [0.1, 0.15) is 0 Å². The van der Waals surface area contributed by atoms with E-state index in [4.69, 9.17) is 4.74 Å². The number of para-hydroxylation sites is 1. The van der Waals surface area contributed by atoms with E-state index in [9.17, 15) is 4.79 Å². The highest BCUT2D eigenvalue weighted by Gasteiger charge is 2.35. The van der Waals surface area contributed by atoms with Crippen molar-refractivity contribution < 1.29 is 9.53 Å². The number of carbonyl (C=O) groups excluding carboxylic acids is 1. The minimum atomic E-state index is -0.0203. The van der Waals surface area contributed by atoms with Gasteiger partial charge < -0.3 is 15.4 Å². The number of methoxy groups -OCH3 is 1. The summed E-state index contributed by atoms with van der Waals surface area (Å²) in [6, 6.07) is 10.1. The van der Waals surface area contributed by atoms with Crippen molar-refractivity contribution >= 4 is 5.91 Å². The smallest absolute Gasteiger partial charge is 0.254 e. The molecule has 2 N–H and O–H groups in total. The second-order valence-corrected chi connectivity index (χ2v) is 7.83. The summed E-state index contributed by atoms with van der Waals surface area (Å²) < 4.78 is 7.39. The lowest BCUT2D eigenvalue weighted by molar-refractivity contribution is 0.0511. The van der Waals surface area contributed by atoms with E-state index in [2.05, 4.69) is 15.7 Å². The Kier molecular flexibility index (Phi) is 5.27. The van der Waals surface area contributed by atoms with Gasteiger partial charge in [-0.15, -0.1) is 0 Å². The fraction of sp³-hybridized carbons (Fsp3) is 0.524. The summed E-state index contributed by atoms with van der Waals surface area (Å²) in [7, 11) is 1.74. The van der Waals surface area contributed by atoms with Crippen LogP contribution in [-0.4, -0.2) is 49.0 Å². The van der Waals surface area contributed by atoms with Crippen LogP contribution in [0.1, 0.15) is 47.7 Å². The minimum Gasteiger partial charge on any atom is -0.384 e. The van der Waals surface area contributed by atoms with Crippen LogP contribution in [0.3, 0.4) is 0 Å². The molecule has 2 aromatic rings. The van der Waals surface area contributed by atoms with Crippen LogP contribution in [0.15, 0.2) is 36.5 Å². The van der Waals surface area contributed by atoms with Crippen molar-refractivity contribution in [2.75, 3.05) is 33.4 Å². The van der Waals surface area contributed by atoms with Crippen molar-refractivity contribution in [1.82, 2.24) is 20.4 Å². The van der Waals surface area contributed by atoms with Crippen molar-refractivity contribution in [2.45, 2.75) is 31.6 Å². The molecule has 1 saturated heterocycles. The van der Waals surface area contributed by atoms with Crippen molar-refractivity contribution in [3.63, 3.8) is 0 Å². The predicted octanol–water partition coefficient (Wildman–Crippen LogP) is 2.50. The van der Waals surface area contributed by atoms with E-state index >= 15 is 0 Å². The molecule has 144 valence electrons. The highest BCUT2D eigenvalue weighted by atomic mass is 16.5. The Labute approximate surface area is 160 Å². The molecule has 6 nitrogen and oxygen atoms in total. The number of hydrogen-bond donors (Lipinski definition) is 2. The van der Waals surface area contributed by atoms with E-state index in [-0.39, 0.29) is 11.3 Å². The van der Waals surface area contributed by atoms with E-state index in [1.165, 1.54) is 0 Å². The second-order valence-electron chi connectivity index (χ2n) is 7.83. The van der Waals surface area contributed by atoms with Crippen LogP contribution in [-0.2, 0) is 4.74 Å². The van der Waals surface area contributed by atoms with Gasteiger partial charge in [0.05, 0.1) is 29.7 Å². The Morgan fingerprint density at radius 2 is 2.04 bits per heavy atom. The first-order valence-electron chi connectivity index (χ1n) is 9.84. The van der Waals surface area contributed by atoms with Gasteiger partial charge in [0.15, 0.2) is 0 Å². The predicted molar refractivity (Wildman–Crippen MR) is 104 cm³/mol. The molecule has 0 bridgehead atoms. The van der Waals surface area contributed by atoms with E-state index in [1.54, 1.807) is 13.3 Å². The van der Waals surface area contributed by atoms with Gasteiger partial charge in [-0.3, -0.25) is 4.79 Å². The molecule has 1 aromatic carbocycles. The molecular formula is C21H28N4O2. The number of piperidine rings is 1. The number of rotatable bonds is 7. The van der Waals surface area contributed by atoms with E-state index in [1.807, 2.05) is 35.0 Å². The van der Waals surface area contributed by atoms with Gasteiger partial charge in [-0.2, -0.15) is 5.10 Å². The number of aromatic nitrogens is 2. The number of nitrogens with zero attached hydrogens (tertiary/aromatic N) is 2. The van der Waals surface area contributed by atoms with Crippen LogP contribution >= 0.6 is 0 Å². The quantitative estimate of drug-likeness (QED) is 0.788. The summed E-state index contributed by atoms with van der Waals surface area (Å²) in [6.45, 7) is 3.26. The fourth-order valence-corrected chi connectivity index (χ4v) is 4.06. The van der Waals surface area contributed by atoms with Crippen molar-refractivity contribution in [3.8, 4) is 5.69 Å². The maximum Gasteiger partial charge on any atom is 0.254 e. The molecule has 2 aliphatic rings. The maximum absolute atomic E-state index is 13.0. The van der Waals surface area contributed by atoms with Crippen molar-refractivity contribution in [2.24, 2.45) is 5.41 Å². The Morgan fingerprint density at radius 3 is 2.70 bits per heavy atom. The lowest BCUT2D eigenvalue weighted by atomic mass is 9.79.